The van der Waals surface area contributed by atoms with E-state index in [9.17, 15) is 19.2 Å². The number of hydrogen-bond donors (Lipinski definition) is 3. The molecule has 2 fully saturated rings. The van der Waals surface area contributed by atoms with Gasteiger partial charge in [-0.2, -0.15) is 0 Å². The van der Waals surface area contributed by atoms with Crippen molar-refractivity contribution in [3.8, 4) is 0 Å². The summed E-state index contributed by atoms with van der Waals surface area (Å²) in [5.41, 5.74) is 13.5. The second kappa shape index (κ2) is 7.08. The third-order valence-electron chi connectivity index (χ3n) is 5.50. The number of carbonyl (C=O) groups is 4. The van der Waals surface area contributed by atoms with E-state index in [-0.39, 0.29) is 36.1 Å². The Labute approximate surface area is 162 Å². The minimum Gasteiger partial charge on any atom is -0.326 e. The summed E-state index contributed by atoms with van der Waals surface area (Å²) in [6, 6.07) is 4.22. The number of imide groups is 2. The van der Waals surface area contributed by atoms with Crippen LogP contribution in [0.1, 0.15) is 45.5 Å². The molecule has 0 saturated carbocycles. The quantitative estimate of drug-likeness (QED) is 0.564. The van der Waals surface area contributed by atoms with E-state index < -0.39 is 29.7 Å². The highest BCUT2D eigenvalue weighted by Gasteiger charge is 2.44. The van der Waals surface area contributed by atoms with Gasteiger partial charge >= 0.3 is 0 Å². The van der Waals surface area contributed by atoms with E-state index in [1.165, 1.54) is 0 Å². The second-order valence-electron chi connectivity index (χ2n) is 7.78. The number of likely N-dealkylation sites (tertiary alicyclic amines) is 1. The molecular formula is C19H23N5O4. The van der Waals surface area contributed by atoms with Gasteiger partial charge in [-0.25, -0.2) is 0 Å². The SMILES string of the molecule is N[C@@H]1C[C@H](N)CN(Cc2ccc3c(c2)C(=O)N(C2CCC(=O)NC2=O)C3=O)C1. The van der Waals surface area contributed by atoms with Crippen LogP contribution in [0.5, 0.6) is 0 Å². The molecular weight excluding hydrogens is 362 g/mol. The van der Waals surface area contributed by atoms with E-state index in [2.05, 4.69) is 10.2 Å². The lowest BCUT2D eigenvalue weighted by atomic mass is 10.0. The molecule has 5 N–H and O–H groups in total. The lowest BCUT2D eigenvalue weighted by molar-refractivity contribution is -0.136. The third kappa shape index (κ3) is 3.32. The van der Waals surface area contributed by atoms with E-state index in [4.69, 9.17) is 11.5 Å². The standard InChI is InChI=1S/C19H23N5O4/c20-11-6-12(21)9-23(8-11)7-10-1-2-13-14(5-10)19(28)24(18(13)27)15-3-4-16(25)22-17(15)26/h1-2,5,11-12,15H,3-4,6-9,20-21H2,(H,22,25,26)/t11-,12+,15?. The zero-order chi connectivity index (χ0) is 20.0. The van der Waals surface area contributed by atoms with Crippen LogP contribution in [-0.4, -0.2) is 64.6 Å². The Morgan fingerprint density at radius 3 is 2.36 bits per heavy atom. The van der Waals surface area contributed by atoms with Crippen molar-refractivity contribution in [2.45, 2.75) is 43.9 Å². The van der Waals surface area contributed by atoms with Gasteiger partial charge in [0.15, 0.2) is 0 Å². The predicted molar refractivity (Wildman–Crippen MR) is 99.0 cm³/mol. The van der Waals surface area contributed by atoms with Crippen LogP contribution in [0.4, 0.5) is 0 Å². The van der Waals surface area contributed by atoms with Gasteiger partial charge in [-0.1, -0.05) is 6.07 Å². The van der Waals surface area contributed by atoms with E-state index in [0.717, 1.165) is 30.0 Å². The fraction of sp³-hybridized carbons (Fsp3) is 0.474. The highest BCUT2D eigenvalue weighted by molar-refractivity contribution is 6.23. The number of nitrogens with two attached hydrogens (primary N) is 2. The normalized spacial score (nSPS) is 28.5. The number of nitrogens with one attached hydrogen (secondary N) is 1. The van der Waals surface area contributed by atoms with E-state index in [0.29, 0.717) is 6.54 Å². The van der Waals surface area contributed by atoms with Crippen LogP contribution < -0.4 is 16.8 Å². The molecule has 3 aliphatic rings. The maximum atomic E-state index is 12.9. The maximum Gasteiger partial charge on any atom is 0.262 e. The monoisotopic (exact) mass is 385 g/mol. The lowest BCUT2D eigenvalue weighted by Crippen LogP contribution is -2.54. The molecule has 0 bridgehead atoms. The molecule has 0 aliphatic carbocycles. The Morgan fingerprint density at radius 2 is 1.68 bits per heavy atom. The molecule has 28 heavy (non-hydrogen) atoms. The van der Waals surface area contributed by atoms with Gasteiger partial charge in [0.05, 0.1) is 11.1 Å². The van der Waals surface area contributed by atoms with Crippen molar-refractivity contribution in [2.75, 3.05) is 13.1 Å². The van der Waals surface area contributed by atoms with Gasteiger partial charge in [-0.3, -0.25) is 34.3 Å². The van der Waals surface area contributed by atoms with Gasteiger partial charge < -0.3 is 11.5 Å². The molecule has 3 heterocycles. The van der Waals surface area contributed by atoms with Crippen molar-refractivity contribution >= 4 is 23.6 Å². The van der Waals surface area contributed by atoms with Crippen LogP contribution in [0.2, 0.25) is 0 Å². The summed E-state index contributed by atoms with van der Waals surface area (Å²) in [6.45, 7) is 2.02. The maximum absolute atomic E-state index is 12.9. The van der Waals surface area contributed by atoms with Gasteiger partial charge in [0, 0.05) is 38.1 Å². The molecule has 0 radical (unpaired) electrons. The Kier molecular flexibility index (Phi) is 4.74. The first-order valence-corrected chi connectivity index (χ1v) is 9.41. The number of nitrogens with zero attached hydrogens (tertiary/aromatic N) is 2. The van der Waals surface area contributed by atoms with Gasteiger partial charge in [-0.15, -0.1) is 0 Å². The summed E-state index contributed by atoms with van der Waals surface area (Å²) in [7, 11) is 0. The largest absolute Gasteiger partial charge is 0.326 e. The molecule has 1 aromatic carbocycles. The molecule has 1 unspecified atom stereocenters. The van der Waals surface area contributed by atoms with Crippen molar-refractivity contribution in [3.63, 3.8) is 0 Å². The fourth-order valence-electron chi connectivity index (χ4n) is 4.28. The van der Waals surface area contributed by atoms with E-state index in [1.54, 1.807) is 12.1 Å². The number of carbonyl (C=O) groups excluding carboxylic acids is 4. The first-order chi connectivity index (χ1) is 13.3. The highest BCUT2D eigenvalue weighted by atomic mass is 16.2. The van der Waals surface area contributed by atoms with Crippen LogP contribution in [0, 0.1) is 0 Å². The number of benzene rings is 1. The first kappa shape index (κ1) is 18.7. The summed E-state index contributed by atoms with van der Waals surface area (Å²) in [5, 5.41) is 2.19. The van der Waals surface area contributed by atoms with Crippen molar-refractivity contribution in [1.29, 1.82) is 0 Å². The lowest BCUT2D eigenvalue weighted by Gasteiger charge is -2.34. The van der Waals surface area contributed by atoms with Crippen LogP contribution in [0.15, 0.2) is 18.2 Å². The van der Waals surface area contributed by atoms with Gasteiger partial charge in [-0.05, 0) is 30.5 Å². The second-order valence-corrected chi connectivity index (χ2v) is 7.78. The average Bonchev–Trinajstić information content (AvgIpc) is 2.85. The Morgan fingerprint density at radius 1 is 1.00 bits per heavy atom. The number of fused-ring (bicyclic) bond motifs is 1. The van der Waals surface area contributed by atoms with Gasteiger partial charge in [0.2, 0.25) is 11.8 Å². The number of rotatable bonds is 3. The number of amides is 4. The Bertz CT molecular complexity index is 860. The zero-order valence-corrected chi connectivity index (χ0v) is 15.4. The van der Waals surface area contributed by atoms with Crippen molar-refractivity contribution < 1.29 is 19.2 Å². The fourth-order valence-corrected chi connectivity index (χ4v) is 4.28. The summed E-state index contributed by atoms with van der Waals surface area (Å²) < 4.78 is 0. The minimum absolute atomic E-state index is 0.0180. The predicted octanol–water partition coefficient (Wildman–Crippen LogP) is -1.05. The van der Waals surface area contributed by atoms with Crippen molar-refractivity contribution in [1.82, 2.24) is 15.1 Å². The topological polar surface area (TPSA) is 139 Å². The molecule has 148 valence electrons. The summed E-state index contributed by atoms with van der Waals surface area (Å²) in [6.07, 6.45) is 1.03. The Balaban J connectivity index is 1.54. The van der Waals surface area contributed by atoms with Gasteiger partial charge in [0.25, 0.3) is 11.8 Å². The summed E-state index contributed by atoms with van der Waals surface area (Å²) in [4.78, 5) is 52.2. The van der Waals surface area contributed by atoms with Crippen LogP contribution in [0.25, 0.3) is 0 Å². The molecule has 4 rings (SSSR count). The first-order valence-electron chi connectivity index (χ1n) is 9.41. The highest BCUT2D eigenvalue weighted by Crippen LogP contribution is 2.28. The van der Waals surface area contributed by atoms with Crippen molar-refractivity contribution in [2.24, 2.45) is 11.5 Å². The van der Waals surface area contributed by atoms with Crippen molar-refractivity contribution in [3.05, 3.63) is 34.9 Å². The molecule has 9 nitrogen and oxygen atoms in total. The molecule has 1 aromatic rings. The number of hydrogen-bond acceptors (Lipinski definition) is 7. The molecule has 3 aliphatic heterocycles. The average molecular weight is 385 g/mol. The molecule has 0 aromatic heterocycles. The molecule has 0 spiro atoms. The van der Waals surface area contributed by atoms with Gasteiger partial charge in [0.1, 0.15) is 6.04 Å². The summed E-state index contributed by atoms with van der Waals surface area (Å²) in [5.74, 6) is -1.99. The third-order valence-corrected chi connectivity index (χ3v) is 5.50. The van der Waals surface area contributed by atoms with Crippen LogP contribution >= 0.6 is 0 Å². The Hall–Kier alpha value is -2.62. The minimum atomic E-state index is -0.952. The molecule has 2 saturated heterocycles. The molecule has 9 heteroatoms. The van der Waals surface area contributed by atoms with Crippen LogP contribution in [0.3, 0.4) is 0 Å². The zero-order valence-electron chi connectivity index (χ0n) is 15.4. The van der Waals surface area contributed by atoms with E-state index in [1.807, 2.05) is 6.07 Å². The van der Waals surface area contributed by atoms with Crippen LogP contribution in [-0.2, 0) is 16.1 Å². The molecule has 4 amide bonds. The summed E-state index contributed by atoms with van der Waals surface area (Å²) >= 11 is 0. The number of piperidine rings is 2. The smallest absolute Gasteiger partial charge is 0.262 e. The van der Waals surface area contributed by atoms with E-state index >= 15 is 0 Å². The molecule has 3 atom stereocenters.